The van der Waals surface area contributed by atoms with Crippen molar-refractivity contribution in [3.05, 3.63) is 27.7 Å². The van der Waals surface area contributed by atoms with Crippen molar-refractivity contribution in [3.63, 3.8) is 0 Å². The summed E-state index contributed by atoms with van der Waals surface area (Å²) in [5.74, 6) is -1.59. The number of carboxylic acids is 1. The number of carboxylic acid groups (broad SMARTS) is 1. The molecular formula is C14H19BrN2O3. The Hall–Kier alpha value is -1.56. The minimum atomic E-state index is -0.939. The predicted octanol–water partition coefficient (Wildman–Crippen LogP) is 3.30. The van der Waals surface area contributed by atoms with E-state index in [-0.39, 0.29) is 0 Å². The molecule has 1 aromatic carbocycles. The number of amides is 2. The molecule has 0 saturated carbocycles. The molecule has 2 unspecified atom stereocenters. The average molecular weight is 343 g/mol. The molecule has 0 aromatic heterocycles. The summed E-state index contributed by atoms with van der Waals surface area (Å²) >= 11 is 3.41. The zero-order valence-electron chi connectivity index (χ0n) is 12.0. The minimum absolute atomic E-state index is 0.418. The van der Waals surface area contributed by atoms with E-state index in [1.165, 1.54) is 0 Å². The van der Waals surface area contributed by atoms with E-state index in [9.17, 15) is 9.59 Å². The Labute approximate surface area is 126 Å². The van der Waals surface area contributed by atoms with E-state index < -0.39 is 24.0 Å². The highest BCUT2D eigenvalue weighted by Crippen LogP contribution is 2.27. The van der Waals surface area contributed by atoms with Crippen LogP contribution in [-0.2, 0) is 4.79 Å². The summed E-state index contributed by atoms with van der Waals surface area (Å²) < 4.78 is 0.795. The van der Waals surface area contributed by atoms with Crippen LogP contribution in [0.1, 0.15) is 25.0 Å². The maximum atomic E-state index is 11.9. The first-order valence-corrected chi connectivity index (χ1v) is 7.08. The Balaban J connectivity index is 2.75. The van der Waals surface area contributed by atoms with Gasteiger partial charge < -0.3 is 15.7 Å². The van der Waals surface area contributed by atoms with Gasteiger partial charge in [-0.15, -0.1) is 0 Å². The zero-order chi connectivity index (χ0) is 15.4. The number of urea groups is 1. The molecule has 0 heterocycles. The van der Waals surface area contributed by atoms with Gasteiger partial charge in [0.25, 0.3) is 0 Å². The van der Waals surface area contributed by atoms with Gasteiger partial charge in [-0.25, -0.2) is 4.79 Å². The van der Waals surface area contributed by atoms with Gasteiger partial charge in [-0.2, -0.15) is 0 Å². The van der Waals surface area contributed by atoms with Crippen molar-refractivity contribution < 1.29 is 14.7 Å². The summed E-state index contributed by atoms with van der Waals surface area (Å²) in [6.07, 6.45) is 0. The van der Waals surface area contributed by atoms with Gasteiger partial charge in [-0.05, 0) is 60.8 Å². The van der Waals surface area contributed by atoms with Crippen molar-refractivity contribution in [2.75, 3.05) is 5.32 Å². The van der Waals surface area contributed by atoms with Crippen LogP contribution in [0.5, 0.6) is 0 Å². The monoisotopic (exact) mass is 342 g/mol. The summed E-state index contributed by atoms with van der Waals surface area (Å²) in [5.41, 5.74) is 2.71. The first kappa shape index (κ1) is 16.5. The Kier molecular flexibility index (Phi) is 5.56. The second-order valence-electron chi connectivity index (χ2n) is 4.95. The third-order valence-corrected chi connectivity index (χ3v) is 3.79. The van der Waals surface area contributed by atoms with Crippen LogP contribution in [-0.4, -0.2) is 23.1 Å². The summed E-state index contributed by atoms with van der Waals surface area (Å²) in [6.45, 7) is 7.09. The first-order chi connectivity index (χ1) is 9.22. The highest BCUT2D eigenvalue weighted by molar-refractivity contribution is 9.10. The Morgan fingerprint density at radius 1 is 1.25 bits per heavy atom. The van der Waals surface area contributed by atoms with Gasteiger partial charge in [-0.1, -0.05) is 6.07 Å². The third-order valence-electron chi connectivity index (χ3n) is 3.17. The predicted molar refractivity (Wildman–Crippen MR) is 82.0 cm³/mol. The van der Waals surface area contributed by atoms with Gasteiger partial charge in [0.2, 0.25) is 0 Å². The van der Waals surface area contributed by atoms with E-state index in [2.05, 4.69) is 26.6 Å². The van der Waals surface area contributed by atoms with Crippen molar-refractivity contribution in [2.45, 2.75) is 33.7 Å². The third kappa shape index (κ3) is 4.23. The van der Waals surface area contributed by atoms with Gasteiger partial charge in [-0.3, -0.25) is 4.79 Å². The molecule has 0 spiro atoms. The molecule has 2 amide bonds. The molecule has 0 radical (unpaired) electrons. The molecular weight excluding hydrogens is 324 g/mol. The molecule has 0 aliphatic rings. The number of benzene rings is 1. The number of hydrogen-bond donors (Lipinski definition) is 3. The maximum Gasteiger partial charge on any atom is 0.319 e. The molecule has 2 atom stereocenters. The fourth-order valence-electron chi connectivity index (χ4n) is 1.77. The number of anilines is 1. The van der Waals surface area contributed by atoms with E-state index in [1.807, 2.05) is 26.0 Å². The molecule has 0 fully saturated rings. The molecule has 0 saturated heterocycles. The highest BCUT2D eigenvalue weighted by atomic mass is 79.9. The second-order valence-corrected chi connectivity index (χ2v) is 5.81. The molecule has 3 N–H and O–H groups in total. The molecule has 20 heavy (non-hydrogen) atoms. The second kappa shape index (κ2) is 6.74. The zero-order valence-corrected chi connectivity index (χ0v) is 13.5. The van der Waals surface area contributed by atoms with Crippen LogP contribution in [0.25, 0.3) is 0 Å². The van der Waals surface area contributed by atoms with Gasteiger partial charge in [0, 0.05) is 10.5 Å². The summed E-state index contributed by atoms with van der Waals surface area (Å²) in [5, 5.41) is 14.3. The van der Waals surface area contributed by atoms with Crippen LogP contribution < -0.4 is 10.6 Å². The standard InChI is InChI=1S/C14H19BrN2O3/c1-7-5-8(2)12(11(15)6-7)17-14(20)16-10(4)9(3)13(18)19/h5-6,9-10H,1-4H3,(H,18,19)(H2,16,17,20). The molecule has 1 aromatic rings. The molecule has 5 nitrogen and oxygen atoms in total. The number of aryl methyl sites for hydroxylation is 2. The quantitative estimate of drug-likeness (QED) is 0.785. The number of rotatable bonds is 4. The van der Waals surface area contributed by atoms with Crippen LogP contribution >= 0.6 is 15.9 Å². The topological polar surface area (TPSA) is 78.4 Å². The molecule has 0 aliphatic carbocycles. The summed E-state index contributed by atoms with van der Waals surface area (Å²) in [6, 6.07) is 2.99. The van der Waals surface area contributed by atoms with Crippen LogP contribution in [0.4, 0.5) is 10.5 Å². The largest absolute Gasteiger partial charge is 0.481 e. The lowest BCUT2D eigenvalue weighted by Crippen LogP contribution is -2.42. The minimum Gasteiger partial charge on any atom is -0.481 e. The van der Waals surface area contributed by atoms with Crippen molar-refractivity contribution in [1.29, 1.82) is 0 Å². The normalized spacial score (nSPS) is 13.4. The average Bonchev–Trinajstić information content (AvgIpc) is 2.32. The van der Waals surface area contributed by atoms with Crippen molar-refractivity contribution in [3.8, 4) is 0 Å². The smallest absolute Gasteiger partial charge is 0.319 e. The molecule has 0 bridgehead atoms. The Morgan fingerprint density at radius 2 is 1.85 bits per heavy atom. The number of aliphatic carboxylic acids is 1. The Bertz CT molecular complexity index is 508. The van der Waals surface area contributed by atoms with Gasteiger partial charge in [0.1, 0.15) is 0 Å². The van der Waals surface area contributed by atoms with Gasteiger partial charge >= 0.3 is 12.0 Å². The number of carbonyl (C=O) groups excluding carboxylic acids is 1. The van der Waals surface area contributed by atoms with E-state index >= 15 is 0 Å². The van der Waals surface area contributed by atoms with Gasteiger partial charge in [0.05, 0.1) is 11.6 Å². The maximum absolute atomic E-state index is 11.9. The lowest BCUT2D eigenvalue weighted by Gasteiger charge is -2.19. The number of nitrogens with one attached hydrogen (secondary N) is 2. The van der Waals surface area contributed by atoms with Crippen molar-refractivity contribution >= 4 is 33.6 Å². The van der Waals surface area contributed by atoms with Gasteiger partial charge in [0.15, 0.2) is 0 Å². The fourth-order valence-corrected chi connectivity index (χ4v) is 2.54. The number of hydrogen-bond acceptors (Lipinski definition) is 2. The van der Waals surface area contributed by atoms with E-state index in [4.69, 9.17) is 5.11 Å². The first-order valence-electron chi connectivity index (χ1n) is 6.29. The van der Waals surface area contributed by atoms with Crippen molar-refractivity contribution in [1.82, 2.24) is 5.32 Å². The van der Waals surface area contributed by atoms with E-state index in [0.29, 0.717) is 5.69 Å². The molecule has 0 aliphatic heterocycles. The van der Waals surface area contributed by atoms with Crippen LogP contribution in [0, 0.1) is 19.8 Å². The molecule has 6 heteroatoms. The van der Waals surface area contributed by atoms with Crippen LogP contribution in [0.15, 0.2) is 16.6 Å². The summed E-state index contributed by atoms with van der Waals surface area (Å²) in [7, 11) is 0. The van der Waals surface area contributed by atoms with Crippen molar-refractivity contribution in [2.24, 2.45) is 5.92 Å². The van der Waals surface area contributed by atoms with E-state index in [0.717, 1.165) is 15.6 Å². The molecule has 1 rings (SSSR count). The SMILES string of the molecule is Cc1cc(C)c(NC(=O)NC(C)C(C)C(=O)O)c(Br)c1. The highest BCUT2D eigenvalue weighted by Gasteiger charge is 2.21. The number of carbonyl (C=O) groups is 2. The molecule has 110 valence electrons. The summed E-state index contributed by atoms with van der Waals surface area (Å²) in [4.78, 5) is 22.8. The van der Waals surface area contributed by atoms with Crippen LogP contribution in [0.3, 0.4) is 0 Å². The lowest BCUT2D eigenvalue weighted by molar-refractivity contribution is -0.141. The van der Waals surface area contributed by atoms with E-state index in [1.54, 1.807) is 13.8 Å². The lowest BCUT2D eigenvalue weighted by atomic mass is 10.0. The fraction of sp³-hybridized carbons (Fsp3) is 0.429. The Morgan fingerprint density at radius 3 is 2.35 bits per heavy atom. The van der Waals surface area contributed by atoms with Crippen LogP contribution in [0.2, 0.25) is 0 Å². The number of halogens is 1.